The lowest BCUT2D eigenvalue weighted by atomic mass is 9.97. The van der Waals surface area contributed by atoms with Crippen LogP contribution in [0.15, 0.2) is 101 Å². The van der Waals surface area contributed by atoms with Gasteiger partial charge in [0, 0.05) is 36.3 Å². The summed E-state index contributed by atoms with van der Waals surface area (Å²) >= 11 is 1.36. The van der Waals surface area contributed by atoms with Gasteiger partial charge in [0.2, 0.25) is 5.91 Å². The van der Waals surface area contributed by atoms with Gasteiger partial charge in [-0.1, -0.05) is 60.7 Å². The normalized spacial score (nSPS) is 16.7. The number of aliphatic imine (C=N–C) groups is 1. The van der Waals surface area contributed by atoms with Gasteiger partial charge < -0.3 is 15.4 Å². The average molecular weight is 564 g/mol. The number of amidine groups is 1. The summed E-state index contributed by atoms with van der Waals surface area (Å²) in [5, 5.41) is 5.58. The Morgan fingerprint density at radius 3 is 2.46 bits per heavy atom. The molecule has 2 aliphatic heterocycles. The predicted octanol–water partition coefficient (Wildman–Crippen LogP) is 5.29. The number of piperidine rings is 1. The molecule has 2 amide bonds. The fourth-order valence-electron chi connectivity index (χ4n) is 4.93. The van der Waals surface area contributed by atoms with Gasteiger partial charge in [-0.15, -0.1) is 0 Å². The number of para-hydroxylation sites is 1. The predicted molar refractivity (Wildman–Crippen MR) is 161 cm³/mol. The van der Waals surface area contributed by atoms with Crippen molar-refractivity contribution in [2.75, 3.05) is 13.1 Å². The average Bonchev–Trinajstić information content (AvgIpc) is 3.61. The number of nitrogens with two attached hydrogens (primary N) is 1. The zero-order valence-corrected chi connectivity index (χ0v) is 23.2. The number of hydrogen-bond donors (Lipinski definition) is 1. The number of nitrogens with zero attached hydrogens (tertiary/aromatic N) is 4. The number of likely N-dealkylation sites (tertiary alicyclic amines) is 1. The second kappa shape index (κ2) is 11.9. The van der Waals surface area contributed by atoms with E-state index in [0.717, 1.165) is 33.8 Å². The first-order chi connectivity index (χ1) is 20.0. The highest BCUT2D eigenvalue weighted by atomic mass is 32.2. The molecular weight excluding hydrogens is 534 g/mol. The minimum absolute atomic E-state index is 0.122. The first-order valence-electron chi connectivity index (χ1n) is 13.5. The maximum absolute atomic E-state index is 13.0. The maximum Gasteiger partial charge on any atom is 0.286 e. The number of rotatable bonds is 7. The number of ether oxygens (including phenoxy) is 1. The van der Waals surface area contributed by atoms with Gasteiger partial charge in [0.05, 0.1) is 10.6 Å². The Morgan fingerprint density at radius 1 is 1.00 bits per heavy atom. The number of benzene rings is 3. The molecule has 1 aromatic heterocycles. The van der Waals surface area contributed by atoms with Crippen molar-refractivity contribution in [1.29, 1.82) is 0 Å². The Morgan fingerprint density at radius 2 is 1.73 bits per heavy atom. The Balaban J connectivity index is 1.27. The van der Waals surface area contributed by atoms with E-state index < -0.39 is 0 Å². The number of thioether (sulfide) groups is 1. The Hall–Kier alpha value is -4.63. The van der Waals surface area contributed by atoms with Crippen molar-refractivity contribution in [3.8, 4) is 22.7 Å². The van der Waals surface area contributed by atoms with Crippen LogP contribution in [0.5, 0.6) is 5.75 Å². The molecule has 3 aromatic carbocycles. The number of carbonyl (C=O) groups excluding carboxylic acids is 2. The fourth-order valence-corrected chi connectivity index (χ4v) is 5.89. The molecule has 0 bridgehead atoms. The minimum Gasteiger partial charge on any atom is -0.489 e. The second-order valence-corrected chi connectivity index (χ2v) is 11.0. The van der Waals surface area contributed by atoms with E-state index in [1.807, 2.05) is 102 Å². The number of primary amides is 1. The number of aromatic nitrogens is 2. The molecule has 0 radical (unpaired) electrons. The van der Waals surface area contributed by atoms with Gasteiger partial charge in [0.25, 0.3) is 5.91 Å². The molecule has 206 valence electrons. The third-order valence-corrected chi connectivity index (χ3v) is 8.23. The van der Waals surface area contributed by atoms with Crippen LogP contribution in [0.25, 0.3) is 23.0 Å². The molecule has 8 nitrogen and oxygen atoms in total. The molecular formula is C32H29N5O3S. The summed E-state index contributed by atoms with van der Waals surface area (Å²) in [6, 6.07) is 27.7. The molecule has 0 atom stereocenters. The first-order valence-corrected chi connectivity index (χ1v) is 14.3. The van der Waals surface area contributed by atoms with Gasteiger partial charge in [0.15, 0.2) is 5.17 Å². The molecule has 2 N–H and O–H groups in total. The van der Waals surface area contributed by atoms with Gasteiger partial charge in [-0.2, -0.15) is 10.1 Å². The van der Waals surface area contributed by atoms with E-state index in [2.05, 4.69) is 9.89 Å². The van der Waals surface area contributed by atoms with Crippen LogP contribution in [0.1, 0.15) is 24.0 Å². The Bertz CT molecular complexity index is 1620. The van der Waals surface area contributed by atoms with Gasteiger partial charge >= 0.3 is 0 Å². The van der Waals surface area contributed by atoms with E-state index in [1.54, 1.807) is 0 Å². The SMILES string of the molecule is NC(=O)C1CCN(C2=NC(=O)C(=Cc3cn(-c4ccccc4)nc3-c3cccc(OCc4ccccc4)c3)S2)CC1. The van der Waals surface area contributed by atoms with E-state index in [0.29, 0.717) is 42.6 Å². The van der Waals surface area contributed by atoms with Crippen molar-refractivity contribution in [1.82, 2.24) is 14.7 Å². The van der Waals surface area contributed by atoms with Gasteiger partial charge in [-0.05, 0) is 60.5 Å². The molecule has 1 saturated heterocycles. The van der Waals surface area contributed by atoms with E-state index >= 15 is 0 Å². The van der Waals surface area contributed by atoms with Crippen LogP contribution in [0.4, 0.5) is 0 Å². The molecule has 9 heteroatoms. The molecule has 2 aliphatic rings. The Kier molecular flexibility index (Phi) is 7.69. The van der Waals surface area contributed by atoms with Crippen molar-refractivity contribution in [2.24, 2.45) is 16.6 Å². The molecule has 6 rings (SSSR count). The van der Waals surface area contributed by atoms with Crippen molar-refractivity contribution < 1.29 is 14.3 Å². The van der Waals surface area contributed by atoms with E-state index in [-0.39, 0.29) is 17.7 Å². The van der Waals surface area contributed by atoms with Crippen LogP contribution >= 0.6 is 11.8 Å². The maximum atomic E-state index is 13.0. The topological polar surface area (TPSA) is 103 Å². The number of hydrogen-bond acceptors (Lipinski definition) is 6. The third kappa shape index (κ3) is 6.10. The molecule has 0 spiro atoms. The monoisotopic (exact) mass is 563 g/mol. The number of amides is 2. The summed E-state index contributed by atoms with van der Waals surface area (Å²) in [6.07, 6.45) is 5.12. The van der Waals surface area contributed by atoms with Crippen LogP contribution in [-0.2, 0) is 16.2 Å². The van der Waals surface area contributed by atoms with Crippen LogP contribution in [0.3, 0.4) is 0 Å². The third-order valence-electron chi connectivity index (χ3n) is 7.18. The highest BCUT2D eigenvalue weighted by Gasteiger charge is 2.31. The van der Waals surface area contributed by atoms with Gasteiger partial charge in [0.1, 0.15) is 18.1 Å². The van der Waals surface area contributed by atoms with Crippen LogP contribution in [0.2, 0.25) is 0 Å². The van der Waals surface area contributed by atoms with Crippen LogP contribution in [0, 0.1) is 5.92 Å². The van der Waals surface area contributed by atoms with E-state index in [9.17, 15) is 9.59 Å². The summed E-state index contributed by atoms with van der Waals surface area (Å²) in [4.78, 5) is 31.5. The molecule has 0 unspecified atom stereocenters. The number of carbonyl (C=O) groups is 2. The van der Waals surface area contributed by atoms with Crippen LogP contribution in [-0.4, -0.2) is 44.8 Å². The van der Waals surface area contributed by atoms with Gasteiger partial charge in [-0.25, -0.2) is 4.68 Å². The lowest BCUT2D eigenvalue weighted by Gasteiger charge is -2.31. The lowest BCUT2D eigenvalue weighted by molar-refractivity contribution is -0.123. The standard InChI is InChI=1S/C32H29N5O3S/c33-30(38)23-14-16-36(17-15-23)32-34-31(39)28(41-32)19-25-20-37(26-11-5-2-6-12-26)35-29(25)24-10-7-13-27(18-24)40-21-22-8-3-1-4-9-22/h1-13,18-20,23H,14-17,21H2,(H2,33,38). The van der Waals surface area contributed by atoms with Crippen molar-refractivity contribution in [3.63, 3.8) is 0 Å². The zero-order chi connectivity index (χ0) is 28.2. The molecule has 41 heavy (non-hydrogen) atoms. The van der Waals surface area contributed by atoms with E-state index in [4.69, 9.17) is 15.6 Å². The largest absolute Gasteiger partial charge is 0.489 e. The Labute approximate surface area is 242 Å². The van der Waals surface area contributed by atoms with Gasteiger partial charge in [-0.3, -0.25) is 9.59 Å². The first kappa shape index (κ1) is 26.6. The summed E-state index contributed by atoms with van der Waals surface area (Å²) in [5.41, 5.74) is 9.89. The molecule has 3 heterocycles. The quantitative estimate of drug-likeness (QED) is 0.307. The lowest BCUT2D eigenvalue weighted by Crippen LogP contribution is -2.40. The van der Waals surface area contributed by atoms with Crippen molar-refractivity contribution in [3.05, 3.63) is 107 Å². The summed E-state index contributed by atoms with van der Waals surface area (Å²) in [7, 11) is 0. The van der Waals surface area contributed by atoms with Crippen molar-refractivity contribution >= 4 is 34.8 Å². The molecule has 1 fully saturated rings. The zero-order valence-electron chi connectivity index (χ0n) is 22.3. The molecule has 4 aromatic rings. The summed E-state index contributed by atoms with van der Waals surface area (Å²) < 4.78 is 7.90. The summed E-state index contributed by atoms with van der Waals surface area (Å²) in [6.45, 7) is 1.75. The van der Waals surface area contributed by atoms with Crippen LogP contribution < -0.4 is 10.5 Å². The molecule has 0 aliphatic carbocycles. The fraction of sp³-hybridized carbons (Fsp3) is 0.188. The highest BCUT2D eigenvalue weighted by molar-refractivity contribution is 8.18. The smallest absolute Gasteiger partial charge is 0.286 e. The highest BCUT2D eigenvalue weighted by Crippen LogP contribution is 2.35. The van der Waals surface area contributed by atoms with Crippen molar-refractivity contribution in [2.45, 2.75) is 19.4 Å². The minimum atomic E-state index is -0.277. The second-order valence-electron chi connectivity index (χ2n) is 9.99. The molecule has 0 saturated carbocycles. The van der Waals surface area contributed by atoms with E-state index in [1.165, 1.54) is 11.8 Å². The summed E-state index contributed by atoms with van der Waals surface area (Å²) in [5.74, 6) is 0.0681.